The predicted molar refractivity (Wildman–Crippen MR) is 194 cm³/mol. The third-order valence-corrected chi connectivity index (χ3v) is 8.33. The fraction of sp³-hybridized carbons (Fsp3) is 0.119. The van der Waals surface area contributed by atoms with Gasteiger partial charge in [0.2, 0.25) is 0 Å². The second-order valence-electron chi connectivity index (χ2n) is 11.6. The Hall–Kier alpha value is -6.21. The Labute approximate surface area is 285 Å². The number of hydrogen-bond acceptors (Lipinski definition) is 5. The molecule has 0 unspecified atom stereocenters. The highest BCUT2D eigenvalue weighted by Gasteiger charge is 2.22. The first-order chi connectivity index (χ1) is 24.0. The number of ether oxygens (including phenoxy) is 1. The third-order valence-electron chi connectivity index (χ3n) is 8.33. The minimum Gasteiger partial charge on any atom is -0.494 e. The highest BCUT2D eigenvalue weighted by atomic mass is 16.5. The Morgan fingerprint density at radius 3 is 2.06 bits per heavy atom. The van der Waals surface area contributed by atoms with Gasteiger partial charge in [-0.05, 0) is 65.2 Å². The molecule has 0 spiro atoms. The molecule has 0 fully saturated rings. The Bertz CT molecular complexity index is 2040. The Morgan fingerprint density at radius 2 is 1.31 bits per heavy atom. The SMILES string of the molecule is O=C(c1ccccc1)c1ccccc1N[C@@H](Cc1ccc(OCCCN(C(=O)c2cccc3ccccc23)c2ccccc2)cc1)C(=O)O. The minimum atomic E-state index is -1.02. The maximum Gasteiger partial charge on any atom is 0.326 e. The molecule has 0 bridgehead atoms. The molecule has 2 N–H and O–H groups in total. The Balaban J connectivity index is 1.07. The molecule has 1 amide bonds. The number of anilines is 2. The van der Waals surface area contributed by atoms with E-state index in [0.29, 0.717) is 47.7 Å². The first-order valence-corrected chi connectivity index (χ1v) is 16.2. The fourth-order valence-electron chi connectivity index (χ4n) is 5.82. The molecule has 244 valence electrons. The average molecular weight is 649 g/mol. The standard InChI is InChI=1S/C42H36N2O5/c45-40(32-14-3-1-4-15-32)37-20-9-10-22-38(37)43-39(42(47)48)29-30-23-25-34(26-24-30)49-28-12-27-44(33-17-5-2-6-18-33)41(46)36-21-11-16-31-13-7-8-19-35(31)36/h1-11,13-26,39,43H,12,27-29H2,(H,47,48)/t39-/m0/s1. The summed E-state index contributed by atoms with van der Waals surface area (Å²) in [6.07, 6.45) is 0.797. The number of fused-ring (bicyclic) bond motifs is 1. The van der Waals surface area contributed by atoms with Crippen molar-refractivity contribution < 1.29 is 24.2 Å². The van der Waals surface area contributed by atoms with E-state index in [1.165, 1.54) is 0 Å². The number of benzene rings is 6. The number of hydrogen-bond donors (Lipinski definition) is 2. The number of ketones is 1. The van der Waals surface area contributed by atoms with Crippen LogP contribution in [0.1, 0.15) is 38.3 Å². The van der Waals surface area contributed by atoms with Crippen LogP contribution >= 0.6 is 0 Å². The Kier molecular flexibility index (Phi) is 10.4. The zero-order chi connectivity index (χ0) is 34.0. The summed E-state index contributed by atoms with van der Waals surface area (Å²) in [6, 6.07) is 45.5. The molecule has 7 heteroatoms. The highest BCUT2D eigenvalue weighted by Crippen LogP contribution is 2.25. The summed E-state index contributed by atoms with van der Waals surface area (Å²) in [5.74, 6) is -0.627. The van der Waals surface area contributed by atoms with Crippen LogP contribution in [0, 0.1) is 0 Å². The van der Waals surface area contributed by atoms with Crippen molar-refractivity contribution in [2.75, 3.05) is 23.4 Å². The summed E-state index contributed by atoms with van der Waals surface area (Å²) in [5, 5.41) is 15.0. The van der Waals surface area contributed by atoms with Crippen LogP contribution in [0.2, 0.25) is 0 Å². The van der Waals surface area contributed by atoms with Crippen molar-refractivity contribution in [3.8, 4) is 5.75 Å². The lowest BCUT2D eigenvalue weighted by Gasteiger charge is -2.24. The summed E-state index contributed by atoms with van der Waals surface area (Å²) in [7, 11) is 0. The van der Waals surface area contributed by atoms with Gasteiger partial charge in [0.15, 0.2) is 5.78 Å². The molecule has 7 nitrogen and oxygen atoms in total. The van der Waals surface area contributed by atoms with E-state index in [2.05, 4.69) is 5.32 Å². The molecular weight excluding hydrogens is 612 g/mol. The summed E-state index contributed by atoms with van der Waals surface area (Å²) < 4.78 is 6.03. The van der Waals surface area contributed by atoms with Gasteiger partial charge in [0.05, 0.1) is 6.61 Å². The van der Waals surface area contributed by atoms with Gasteiger partial charge in [0.1, 0.15) is 11.8 Å². The van der Waals surface area contributed by atoms with Gasteiger partial charge < -0.3 is 20.1 Å². The van der Waals surface area contributed by atoms with Crippen LogP contribution in [0.15, 0.2) is 152 Å². The maximum atomic E-state index is 13.9. The topological polar surface area (TPSA) is 95.9 Å². The number of para-hydroxylation sites is 2. The Morgan fingerprint density at radius 1 is 0.673 bits per heavy atom. The van der Waals surface area contributed by atoms with Crippen LogP contribution in [0.5, 0.6) is 5.75 Å². The lowest BCUT2D eigenvalue weighted by atomic mass is 10.00. The molecule has 0 aliphatic rings. The van der Waals surface area contributed by atoms with E-state index in [-0.39, 0.29) is 18.1 Å². The summed E-state index contributed by atoms with van der Waals surface area (Å²) in [5.41, 5.74) is 3.68. The first kappa shape index (κ1) is 32.7. The molecule has 1 atom stereocenters. The van der Waals surface area contributed by atoms with Crippen LogP contribution in [-0.2, 0) is 11.2 Å². The van der Waals surface area contributed by atoms with E-state index < -0.39 is 12.0 Å². The van der Waals surface area contributed by atoms with Gasteiger partial charge in [-0.2, -0.15) is 0 Å². The van der Waals surface area contributed by atoms with Gasteiger partial charge in [-0.3, -0.25) is 9.59 Å². The van der Waals surface area contributed by atoms with E-state index in [9.17, 15) is 19.5 Å². The summed E-state index contributed by atoms with van der Waals surface area (Å²) in [4.78, 5) is 41.1. The number of aliphatic carboxylic acids is 1. The zero-order valence-corrected chi connectivity index (χ0v) is 26.9. The molecule has 6 aromatic carbocycles. The highest BCUT2D eigenvalue weighted by molar-refractivity contribution is 6.14. The number of rotatable bonds is 14. The van der Waals surface area contributed by atoms with Crippen molar-refractivity contribution in [3.05, 3.63) is 174 Å². The molecular formula is C42H36N2O5. The lowest BCUT2D eigenvalue weighted by Crippen LogP contribution is -2.32. The van der Waals surface area contributed by atoms with Gasteiger partial charge in [0, 0.05) is 41.0 Å². The normalized spacial score (nSPS) is 11.4. The molecule has 0 aliphatic heterocycles. The maximum absolute atomic E-state index is 13.9. The first-order valence-electron chi connectivity index (χ1n) is 16.2. The van der Waals surface area contributed by atoms with E-state index in [1.807, 2.05) is 103 Å². The smallest absolute Gasteiger partial charge is 0.326 e. The lowest BCUT2D eigenvalue weighted by molar-refractivity contribution is -0.137. The second-order valence-corrected chi connectivity index (χ2v) is 11.6. The molecule has 0 aromatic heterocycles. The van der Waals surface area contributed by atoms with Gasteiger partial charge in [-0.25, -0.2) is 4.79 Å². The van der Waals surface area contributed by atoms with Gasteiger partial charge in [-0.1, -0.05) is 109 Å². The van der Waals surface area contributed by atoms with E-state index >= 15 is 0 Å². The molecule has 0 heterocycles. The number of nitrogens with zero attached hydrogens (tertiary/aromatic N) is 1. The van der Waals surface area contributed by atoms with Crippen LogP contribution in [0.25, 0.3) is 10.8 Å². The number of carbonyl (C=O) groups excluding carboxylic acids is 2. The van der Waals surface area contributed by atoms with Gasteiger partial charge >= 0.3 is 5.97 Å². The molecule has 0 saturated heterocycles. The van der Waals surface area contributed by atoms with Gasteiger partial charge in [0.25, 0.3) is 5.91 Å². The quantitative estimate of drug-likeness (QED) is 0.0912. The molecule has 0 radical (unpaired) electrons. The average Bonchev–Trinajstić information content (AvgIpc) is 3.15. The van der Waals surface area contributed by atoms with Crippen LogP contribution < -0.4 is 15.0 Å². The number of carbonyl (C=O) groups is 3. The number of nitrogens with one attached hydrogen (secondary N) is 1. The molecule has 6 aromatic rings. The summed E-state index contributed by atoms with van der Waals surface area (Å²) in [6.45, 7) is 0.849. The van der Waals surface area contributed by atoms with E-state index in [4.69, 9.17) is 4.74 Å². The van der Waals surface area contributed by atoms with Crippen molar-refractivity contribution in [3.63, 3.8) is 0 Å². The number of carboxylic acids is 1. The third kappa shape index (κ3) is 8.03. The predicted octanol–water partition coefficient (Wildman–Crippen LogP) is 8.29. The van der Waals surface area contributed by atoms with Crippen LogP contribution in [0.4, 0.5) is 11.4 Å². The van der Waals surface area contributed by atoms with Crippen molar-refractivity contribution >= 4 is 39.8 Å². The van der Waals surface area contributed by atoms with Crippen molar-refractivity contribution in [2.24, 2.45) is 0 Å². The molecule has 0 saturated carbocycles. The van der Waals surface area contributed by atoms with Crippen molar-refractivity contribution in [2.45, 2.75) is 18.9 Å². The fourth-order valence-corrected chi connectivity index (χ4v) is 5.82. The van der Waals surface area contributed by atoms with Crippen molar-refractivity contribution in [1.82, 2.24) is 0 Å². The van der Waals surface area contributed by atoms with Gasteiger partial charge in [-0.15, -0.1) is 0 Å². The van der Waals surface area contributed by atoms with Crippen LogP contribution in [0.3, 0.4) is 0 Å². The minimum absolute atomic E-state index is 0.0685. The van der Waals surface area contributed by atoms with Crippen molar-refractivity contribution in [1.29, 1.82) is 0 Å². The largest absolute Gasteiger partial charge is 0.494 e. The second kappa shape index (κ2) is 15.6. The number of carboxylic acid groups (broad SMARTS) is 1. The summed E-state index contributed by atoms with van der Waals surface area (Å²) >= 11 is 0. The monoisotopic (exact) mass is 648 g/mol. The molecule has 6 rings (SSSR count). The van der Waals surface area contributed by atoms with Crippen LogP contribution in [-0.4, -0.2) is 42.0 Å². The molecule has 0 aliphatic carbocycles. The number of amides is 1. The zero-order valence-electron chi connectivity index (χ0n) is 26.9. The van der Waals surface area contributed by atoms with E-state index in [0.717, 1.165) is 22.0 Å². The molecule has 49 heavy (non-hydrogen) atoms. The van der Waals surface area contributed by atoms with E-state index in [1.54, 1.807) is 53.4 Å².